The van der Waals surface area contributed by atoms with Crippen molar-refractivity contribution in [3.8, 4) is 0 Å². The number of ether oxygens (including phenoxy) is 2. The molecule has 1 aliphatic rings. The van der Waals surface area contributed by atoms with Gasteiger partial charge < -0.3 is 20.1 Å². The van der Waals surface area contributed by atoms with Crippen LogP contribution in [0.5, 0.6) is 0 Å². The minimum atomic E-state index is 0.206. The second-order valence-corrected chi connectivity index (χ2v) is 7.83. The predicted molar refractivity (Wildman–Crippen MR) is 108 cm³/mol. The van der Waals surface area contributed by atoms with Crippen molar-refractivity contribution in [1.82, 2.24) is 10.6 Å². The summed E-state index contributed by atoms with van der Waals surface area (Å²) in [5, 5.41) is 6.71. The molecule has 1 aromatic carbocycles. The molecular weight excluding hydrogens is 326 g/mol. The molecule has 5 heteroatoms. The van der Waals surface area contributed by atoms with Crippen molar-refractivity contribution in [1.29, 1.82) is 0 Å². The van der Waals surface area contributed by atoms with Crippen molar-refractivity contribution in [3.63, 3.8) is 0 Å². The number of nitrogens with zero attached hydrogens (tertiary/aromatic N) is 1. The van der Waals surface area contributed by atoms with E-state index < -0.39 is 0 Å². The average molecular weight is 362 g/mol. The molecule has 1 unspecified atom stereocenters. The number of benzene rings is 1. The van der Waals surface area contributed by atoms with Crippen LogP contribution in [0.2, 0.25) is 0 Å². The number of nitrogens with one attached hydrogen (secondary N) is 2. The maximum Gasteiger partial charge on any atom is 0.190 e. The van der Waals surface area contributed by atoms with Crippen LogP contribution in [-0.4, -0.2) is 52.0 Å². The van der Waals surface area contributed by atoms with E-state index in [1.807, 2.05) is 0 Å². The molecule has 0 aliphatic carbocycles. The van der Waals surface area contributed by atoms with E-state index in [0.29, 0.717) is 0 Å². The molecule has 0 saturated carbocycles. The molecule has 1 aromatic rings. The Kier molecular flexibility index (Phi) is 8.39. The summed E-state index contributed by atoms with van der Waals surface area (Å²) < 4.78 is 11.1. The summed E-state index contributed by atoms with van der Waals surface area (Å²) >= 11 is 0. The van der Waals surface area contributed by atoms with Crippen LogP contribution in [0.4, 0.5) is 0 Å². The van der Waals surface area contributed by atoms with E-state index in [9.17, 15) is 0 Å². The topological polar surface area (TPSA) is 54.9 Å². The van der Waals surface area contributed by atoms with E-state index in [2.05, 4.69) is 60.7 Å². The van der Waals surface area contributed by atoms with Gasteiger partial charge in [-0.25, -0.2) is 0 Å². The third-order valence-electron chi connectivity index (χ3n) is 4.60. The predicted octanol–water partition coefficient (Wildman–Crippen LogP) is 2.89. The van der Waals surface area contributed by atoms with Crippen molar-refractivity contribution >= 4 is 5.96 Å². The molecule has 0 radical (unpaired) electrons. The van der Waals surface area contributed by atoms with Crippen LogP contribution < -0.4 is 10.6 Å². The number of guanidine groups is 1. The first-order chi connectivity index (χ1) is 12.5. The zero-order valence-electron chi connectivity index (χ0n) is 16.8. The monoisotopic (exact) mass is 361 g/mol. The first-order valence-corrected chi connectivity index (χ1v) is 9.72. The average Bonchev–Trinajstić information content (AvgIpc) is 3.13. The Hall–Kier alpha value is -1.59. The molecule has 0 aromatic heterocycles. The molecule has 0 bridgehead atoms. The smallest absolute Gasteiger partial charge is 0.190 e. The Morgan fingerprint density at radius 3 is 2.54 bits per heavy atom. The van der Waals surface area contributed by atoms with Gasteiger partial charge in [-0.3, -0.25) is 4.99 Å². The normalized spacial score (nSPS) is 18.2. The van der Waals surface area contributed by atoms with Crippen LogP contribution in [0, 0.1) is 0 Å². The molecule has 146 valence electrons. The van der Waals surface area contributed by atoms with Crippen LogP contribution in [-0.2, 0) is 21.3 Å². The van der Waals surface area contributed by atoms with Gasteiger partial charge in [-0.05, 0) is 35.8 Å². The quantitative estimate of drug-likeness (QED) is 0.425. The molecular formula is C21H35N3O2. The van der Waals surface area contributed by atoms with Gasteiger partial charge in [0, 0.05) is 33.4 Å². The SMILES string of the molecule is CN=C(NCCCOC1CCOC1)NCCc1ccc(C(C)(C)C)cc1. The molecule has 1 fully saturated rings. The van der Waals surface area contributed by atoms with Crippen molar-refractivity contribution in [2.24, 2.45) is 4.99 Å². The van der Waals surface area contributed by atoms with E-state index in [4.69, 9.17) is 9.47 Å². The number of hydrogen-bond acceptors (Lipinski definition) is 3. The van der Waals surface area contributed by atoms with Crippen LogP contribution >= 0.6 is 0 Å². The van der Waals surface area contributed by atoms with Gasteiger partial charge in [-0.2, -0.15) is 0 Å². The minimum absolute atomic E-state index is 0.206. The highest BCUT2D eigenvalue weighted by Crippen LogP contribution is 2.22. The first kappa shape index (κ1) is 20.7. The maximum absolute atomic E-state index is 5.77. The van der Waals surface area contributed by atoms with Gasteiger partial charge in [0.05, 0.1) is 12.7 Å². The fourth-order valence-electron chi connectivity index (χ4n) is 2.89. The lowest BCUT2D eigenvalue weighted by Gasteiger charge is -2.19. The maximum atomic E-state index is 5.77. The number of hydrogen-bond donors (Lipinski definition) is 2. The summed E-state index contributed by atoms with van der Waals surface area (Å²) in [4.78, 5) is 4.27. The van der Waals surface area contributed by atoms with Crippen LogP contribution in [0.25, 0.3) is 0 Å². The summed E-state index contributed by atoms with van der Waals surface area (Å²) in [5.74, 6) is 0.848. The van der Waals surface area contributed by atoms with Gasteiger partial charge in [0.15, 0.2) is 5.96 Å². The zero-order chi connectivity index (χ0) is 18.8. The van der Waals surface area contributed by atoms with E-state index in [0.717, 1.165) is 58.1 Å². The van der Waals surface area contributed by atoms with Crippen molar-refractivity contribution in [3.05, 3.63) is 35.4 Å². The number of aliphatic imine (C=N–C) groups is 1. The number of rotatable bonds is 8. The molecule has 2 rings (SSSR count). The fourth-order valence-corrected chi connectivity index (χ4v) is 2.89. The second kappa shape index (κ2) is 10.5. The summed E-state index contributed by atoms with van der Waals surface area (Å²) in [6.07, 6.45) is 3.26. The Bertz CT molecular complexity index is 543. The van der Waals surface area contributed by atoms with Crippen molar-refractivity contribution in [2.75, 3.05) is 40.0 Å². The highest BCUT2D eigenvalue weighted by molar-refractivity contribution is 5.79. The van der Waals surface area contributed by atoms with E-state index in [1.54, 1.807) is 7.05 Å². The Morgan fingerprint density at radius 2 is 1.92 bits per heavy atom. The summed E-state index contributed by atoms with van der Waals surface area (Å²) in [6, 6.07) is 8.92. The molecule has 1 saturated heterocycles. The molecule has 1 aliphatic heterocycles. The summed E-state index contributed by atoms with van der Waals surface area (Å²) in [5.41, 5.74) is 2.92. The zero-order valence-corrected chi connectivity index (χ0v) is 16.8. The van der Waals surface area contributed by atoms with Gasteiger partial charge >= 0.3 is 0 Å². The van der Waals surface area contributed by atoms with Gasteiger partial charge in [0.25, 0.3) is 0 Å². The second-order valence-electron chi connectivity index (χ2n) is 7.83. The Morgan fingerprint density at radius 1 is 1.19 bits per heavy atom. The molecule has 1 heterocycles. The van der Waals surface area contributed by atoms with Crippen molar-refractivity contribution < 1.29 is 9.47 Å². The third-order valence-corrected chi connectivity index (χ3v) is 4.60. The standard InChI is InChI=1S/C21H35N3O2/c1-21(2,3)18-8-6-17(7-9-18)10-13-24-20(22-4)23-12-5-14-26-19-11-15-25-16-19/h6-9,19H,5,10-16H2,1-4H3,(H2,22,23,24). The van der Waals surface area contributed by atoms with Crippen LogP contribution in [0.3, 0.4) is 0 Å². The van der Waals surface area contributed by atoms with Gasteiger partial charge in [0.1, 0.15) is 0 Å². The van der Waals surface area contributed by atoms with E-state index >= 15 is 0 Å². The molecule has 2 N–H and O–H groups in total. The van der Waals surface area contributed by atoms with Crippen molar-refractivity contribution in [2.45, 2.75) is 51.6 Å². The summed E-state index contributed by atoms with van der Waals surface area (Å²) in [6.45, 7) is 10.8. The van der Waals surface area contributed by atoms with Crippen LogP contribution in [0.15, 0.2) is 29.3 Å². The highest BCUT2D eigenvalue weighted by atomic mass is 16.5. The lowest BCUT2D eigenvalue weighted by molar-refractivity contribution is 0.0420. The molecule has 1 atom stereocenters. The van der Waals surface area contributed by atoms with Gasteiger partial charge in [-0.1, -0.05) is 45.0 Å². The van der Waals surface area contributed by atoms with Gasteiger partial charge in [0.2, 0.25) is 0 Å². The highest BCUT2D eigenvalue weighted by Gasteiger charge is 2.15. The van der Waals surface area contributed by atoms with E-state index in [-0.39, 0.29) is 11.5 Å². The lowest BCUT2D eigenvalue weighted by Crippen LogP contribution is -2.39. The minimum Gasteiger partial charge on any atom is -0.379 e. The van der Waals surface area contributed by atoms with Crippen LogP contribution in [0.1, 0.15) is 44.7 Å². The molecule has 5 nitrogen and oxygen atoms in total. The van der Waals surface area contributed by atoms with Gasteiger partial charge in [-0.15, -0.1) is 0 Å². The lowest BCUT2D eigenvalue weighted by atomic mass is 9.86. The molecule has 26 heavy (non-hydrogen) atoms. The summed E-state index contributed by atoms with van der Waals surface area (Å²) in [7, 11) is 1.81. The molecule has 0 spiro atoms. The largest absolute Gasteiger partial charge is 0.379 e. The Balaban J connectivity index is 1.59. The molecule has 0 amide bonds. The van der Waals surface area contributed by atoms with E-state index in [1.165, 1.54) is 11.1 Å². The Labute approximate surface area is 158 Å². The fraction of sp³-hybridized carbons (Fsp3) is 0.667. The first-order valence-electron chi connectivity index (χ1n) is 9.72. The third kappa shape index (κ3) is 7.34.